The van der Waals surface area contributed by atoms with Crippen LogP contribution in [-0.4, -0.2) is 72.6 Å². The number of rotatable bonds is 8. The number of benzene rings is 2. The third-order valence-corrected chi connectivity index (χ3v) is 5.66. The highest BCUT2D eigenvalue weighted by molar-refractivity contribution is 6.46. The number of phenols is 1. The molecule has 0 spiro atoms. The van der Waals surface area contributed by atoms with Crippen LogP contribution in [0.2, 0.25) is 5.02 Å². The van der Waals surface area contributed by atoms with Gasteiger partial charge in [0.25, 0.3) is 11.7 Å². The average Bonchev–Trinajstić information content (AvgIpc) is 3.04. The molecular formula is C24H27ClN2O6. The number of methoxy groups -OCH3 is 1. The number of Topliss-reactive ketones (excluding diaryl/α,β-unsaturated/α-hetero) is 1. The molecule has 9 heteroatoms. The monoisotopic (exact) mass is 474 g/mol. The fourth-order valence-electron chi connectivity index (χ4n) is 3.70. The van der Waals surface area contributed by atoms with Crippen LogP contribution in [0.15, 0.2) is 42.0 Å². The summed E-state index contributed by atoms with van der Waals surface area (Å²) >= 11 is 6.10. The standard InChI is InChI=1S/C24H27ClN2O6/c1-5-33-19-12-14(7-9-17(19)28)21-20(23(30)24(31)27(21)11-10-26(2)3)22(29)15-6-8-16(25)18(13-15)32-4/h6-9,12-13,21,28-29H,5,10-11H2,1-4H3/b22-20-. The molecule has 2 aromatic rings. The van der Waals surface area contributed by atoms with Crippen LogP contribution in [0.1, 0.15) is 24.1 Å². The number of phenolic OH excluding ortho intramolecular Hbond substituents is 1. The molecule has 0 aromatic heterocycles. The van der Waals surface area contributed by atoms with Gasteiger partial charge in [-0.05, 0) is 56.9 Å². The first-order chi connectivity index (χ1) is 15.7. The Balaban J connectivity index is 2.20. The molecule has 1 fully saturated rings. The second-order valence-corrected chi connectivity index (χ2v) is 8.21. The number of halogens is 1. The Morgan fingerprint density at radius 1 is 1.15 bits per heavy atom. The Morgan fingerprint density at radius 3 is 2.52 bits per heavy atom. The van der Waals surface area contributed by atoms with Crippen molar-refractivity contribution in [3.8, 4) is 17.2 Å². The molecule has 0 saturated carbocycles. The molecule has 0 radical (unpaired) electrons. The molecule has 1 heterocycles. The molecular weight excluding hydrogens is 448 g/mol. The van der Waals surface area contributed by atoms with Gasteiger partial charge in [-0.2, -0.15) is 0 Å². The van der Waals surface area contributed by atoms with Crippen LogP contribution in [0.4, 0.5) is 0 Å². The van der Waals surface area contributed by atoms with Crippen LogP contribution in [0.3, 0.4) is 0 Å². The van der Waals surface area contributed by atoms with Crippen LogP contribution in [0, 0.1) is 0 Å². The summed E-state index contributed by atoms with van der Waals surface area (Å²) in [5.74, 6) is -1.37. The predicted molar refractivity (Wildman–Crippen MR) is 125 cm³/mol. The Hall–Kier alpha value is -3.23. The molecule has 1 aliphatic rings. The van der Waals surface area contributed by atoms with E-state index in [1.54, 1.807) is 31.2 Å². The Kier molecular flexibility index (Phi) is 7.50. The summed E-state index contributed by atoms with van der Waals surface area (Å²) in [5.41, 5.74) is 0.753. The van der Waals surface area contributed by atoms with Crippen molar-refractivity contribution < 1.29 is 29.3 Å². The Labute approximate surface area is 197 Å². The maximum Gasteiger partial charge on any atom is 0.295 e. The molecule has 8 nitrogen and oxygen atoms in total. The normalized spacial score (nSPS) is 17.6. The zero-order chi connectivity index (χ0) is 24.3. The van der Waals surface area contributed by atoms with E-state index in [-0.39, 0.29) is 34.9 Å². The van der Waals surface area contributed by atoms with Crippen LogP contribution in [0.25, 0.3) is 5.76 Å². The maximum absolute atomic E-state index is 13.1. The number of aliphatic hydroxyl groups is 1. The zero-order valence-electron chi connectivity index (χ0n) is 19.0. The van der Waals surface area contributed by atoms with Crippen molar-refractivity contribution in [2.75, 3.05) is 40.9 Å². The molecule has 3 rings (SSSR count). The number of ether oxygens (including phenoxy) is 2. The summed E-state index contributed by atoms with van der Waals surface area (Å²) in [5, 5.41) is 21.6. The molecule has 0 bridgehead atoms. The minimum absolute atomic E-state index is 0.0590. The van der Waals surface area contributed by atoms with E-state index in [2.05, 4.69) is 0 Å². The van der Waals surface area contributed by atoms with Gasteiger partial charge in [-0.1, -0.05) is 17.7 Å². The lowest BCUT2D eigenvalue weighted by atomic mass is 9.95. The number of hydrogen-bond acceptors (Lipinski definition) is 7. The van der Waals surface area contributed by atoms with Gasteiger partial charge in [0.2, 0.25) is 0 Å². The summed E-state index contributed by atoms with van der Waals surface area (Å²) in [4.78, 5) is 29.4. The zero-order valence-corrected chi connectivity index (χ0v) is 19.7. The number of likely N-dealkylation sites (tertiary alicyclic amines) is 1. The fraction of sp³-hybridized carbons (Fsp3) is 0.333. The number of hydrogen-bond donors (Lipinski definition) is 2. The number of carbonyl (C=O) groups excluding carboxylic acids is 2. The van der Waals surface area contributed by atoms with Crippen LogP contribution < -0.4 is 9.47 Å². The molecule has 1 amide bonds. The van der Waals surface area contributed by atoms with E-state index in [4.69, 9.17) is 21.1 Å². The number of carbonyl (C=O) groups is 2. The molecule has 2 aromatic carbocycles. The summed E-state index contributed by atoms with van der Waals surface area (Å²) in [6, 6.07) is 8.35. The minimum atomic E-state index is -0.869. The minimum Gasteiger partial charge on any atom is -0.507 e. The summed E-state index contributed by atoms with van der Waals surface area (Å²) in [6.07, 6.45) is 0. The first kappa shape index (κ1) is 24.4. The van der Waals surface area contributed by atoms with E-state index in [1.165, 1.54) is 24.1 Å². The molecule has 2 N–H and O–H groups in total. The predicted octanol–water partition coefficient (Wildman–Crippen LogP) is 3.44. The molecule has 33 heavy (non-hydrogen) atoms. The van der Waals surface area contributed by atoms with Crippen molar-refractivity contribution in [2.45, 2.75) is 13.0 Å². The second-order valence-electron chi connectivity index (χ2n) is 7.81. The maximum atomic E-state index is 13.1. The highest BCUT2D eigenvalue weighted by atomic mass is 35.5. The molecule has 1 unspecified atom stereocenters. The molecule has 1 aliphatic heterocycles. The third kappa shape index (κ3) is 4.91. The van der Waals surface area contributed by atoms with E-state index in [1.807, 2.05) is 19.0 Å². The average molecular weight is 475 g/mol. The van der Waals surface area contributed by atoms with Gasteiger partial charge in [-0.15, -0.1) is 0 Å². The summed E-state index contributed by atoms with van der Waals surface area (Å²) in [7, 11) is 5.16. The second kappa shape index (κ2) is 10.1. The van der Waals surface area contributed by atoms with Gasteiger partial charge in [-0.25, -0.2) is 0 Å². The smallest absolute Gasteiger partial charge is 0.295 e. The van der Waals surface area contributed by atoms with E-state index in [0.29, 0.717) is 29.5 Å². The lowest BCUT2D eigenvalue weighted by molar-refractivity contribution is -0.140. The molecule has 176 valence electrons. The number of nitrogens with zero attached hydrogens (tertiary/aromatic N) is 2. The lowest BCUT2D eigenvalue weighted by Gasteiger charge is -2.27. The van der Waals surface area contributed by atoms with Crippen LogP contribution >= 0.6 is 11.6 Å². The van der Waals surface area contributed by atoms with Crippen molar-refractivity contribution in [1.82, 2.24) is 9.80 Å². The van der Waals surface area contributed by atoms with E-state index < -0.39 is 17.7 Å². The van der Waals surface area contributed by atoms with E-state index in [9.17, 15) is 19.8 Å². The molecule has 0 aliphatic carbocycles. The van der Waals surface area contributed by atoms with Crippen molar-refractivity contribution in [3.63, 3.8) is 0 Å². The quantitative estimate of drug-likeness (QED) is 0.343. The van der Waals surface area contributed by atoms with Gasteiger partial charge in [0.05, 0.1) is 30.4 Å². The number of likely N-dealkylation sites (N-methyl/N-ethyl adjacent to an activating group) is 1. The highest BCUT2D eigenvalue weighted by Gasteiger charge is 2.46. The lowest BCUT2D eigenvalue weighted by Crippen LogP contribution is -2.35. The first-order valence-corrected chi connectivity index (χ1v) is 10.8. The van der Waals surface area contributed by atoms with Crippen molar-refractivity contribution in [3.05, 3.63) is 58.1 Å². The van der Waals surface area contributed by atoms with E-state index in [0.717, 1.165) is 0 Å². The third-order valence-electron chi connectivity index (χ3n) is 5.35. The number of amides is 1. The highest BCUT2D eigenvalue weighted by Crippen LogP contribution is 2.42. The first-order valence-electron chi connectivity index (χ1n) is 10.4. The van der Waals surface area contributed by atoms with E-state index >= 15 is 0 Å². The van der Waals surface area contributed by atoms with Gasteiger partial charge >= 0.3 is 0 Å². The fourth-order valence-corrected chi connectivity index (χ4v) is 3.89. The van der Waals surface area contributed by atoms with Gasteiger partial charge in [0.15, 0.2) is 11.5 Å². The van der Waals surface area contributed by atoms with Crippen LogP contribution in [-0.2, 0) is 9.59 Å². The summed E-state index contributed by atoms with van der Waals surface area (Å²) < 4.78 is 10.7. The number of ketones is 1. The van der Waals surface area contributed by atoms with Gasteiger partial charge in [-0.3, -0.25) is 9.59 Å². The number of aliphatic hydroxyl groups excluding tert-OH is 1. The largest absolute Gasteiger partial charge is 0.507 e. The van der Waals surface area contributed by atoms with Gasteiger partial charge < -0.3 is 29.5 Å². The Morgan fingerprint density at radius 2 is 1.88 bits per heavy atom. The van der Waals surface area contributed by atoms with Crippen molar-refractivity contribution >= 4 is 29.1 Å². The van der Waals surface area contributed by atoms with Gasteiger partial charge in [0, 0.05) is 18.7 Å². The molecule has 1 saturated heterocycles. The van der Waals surface area contributed by atoms with Crippen molar-refractivity contribution in [1.29, 1.82) is 0 Å². The van der Waals surface area contributed by atoms with Crippen molar-refractivity contribution in [2.24, 2.45) is 0 Å². The Bertz CT molecular complexity index is 1100. The topological polar surface area (TPSA) is 99.5 Å². The van der Waals surface area contributed by atoms with Gasteiger partial charge in [0.1, 0.15) is 11.5 Å². The molecule has 1 atom stereocenters. The number of aromatic hydroxyl groups is 1. The summed E-state index contributed by atoms with van der Waals surface area (Å²) in [6.45, 7) is 2.87. The van der Waals surface area contributed by atoms with Crippen LogP contribution in [0.5, 0.6) is 17.2 Å². The SMILES string of the molecule is CCOc1cc(C2/C(=C(/O)c3ccc(Cl)c(OC)c3)C(=O)C(=O)N2CCN(C)C)ccc1O.